The van der Waals surface area contributed by atoms with E-state index in [1.807, 2.05) is 25.1 Å². The summed E-state index contributed by atoms with van der Waals surface area (Å²) in [5.74, 6) is 0.262. The Balaban J connectivity index is 1.77. The Morgan fingerprint density at radius 3 is 2.29 bits per heavy atom. The fourth-order valence-electron chi connectivity index (χ4n) is 4.93. The summed E-state index contributed by atoms with van der Waals surface area (Å²) >= 11 is 0. The van der Waals surface area contributed by atoms with Gasteiger partial charge < -0.3 is 24.6 Å². The van der Waals surface area contributed by atoms with Gasteiger partial charge in [0.15, 0.2) is 17.3 Å². The van der Waals surface area contributed by atoms with Crippen LogP contribution < -0.4 is 14.8 Å². The minimum atomic E-state index is -0.572. The number of carbonyl (C=O) groups is 2. The SMILES string of the molecule is COc1ccc([C@@H]2CC(=O)C3=C(C2)NC(C)=C(C(=O)OC(C)C)[C@@H]3c2ccc(O)cc2)cc1OC. The second kappa shape index (κ2) is 9.86. The largest absolute Gasteiger partial charge is 0.508 e. The molecule has 0 amide bonds. The van der Waals surface area contributed by atoms with Crippen molar-refractivity contribution in [2.75, 3.05) is 14.2 Å². The third-order valence-electron chi connectivity index (χ3n) is 6.50. The molecule has 184 valence electrons. The molecule has 1 heterocycles. The minimum Gasteiger partial charge on any atom is -0.508 e. The van der Waals surface area contributed by atoms with E-state index in [4.69, 9.17) is 14.2 Å². The predicted molar refractivity (Wildman–Crippen MR) is 131 cm³/mol. The molecule has 4 rings (SSSR count). The Bertz CT molecular complexity index is 1210. The van der Waals surface area contributed by atoms with Crippen LogP contribution in [0.3, 0.4) is 0 Å². The number of carbonyl (C=O) groups excluding carboxylic acids is 2. The average Bonchev–Trinajstić information content (AvgIpc) is 2.82. The number of phenols is 1. The number of rotatable bonds is 6. The highest BCUT2D eigenvalue weighted by Crippen LogP contribution is 2.46. The van der Waals surface area contributed by atoms with Crippen molar-refractivity contribution in [2.24, 2.45) is 0 Å². The predicted octanol–water partition coefficient (Wildman–Crippen LogP) is 4.72. The summed E-state index contributed by atoms with van der Waals surface area (Å²) in [6, 6.07) is 12.4. The van der Waals surface area contributed by atoms with E-state index in [-0.39, 0.29) is 23.6 Å². The summed E-state index contributed by atoms with van der Waals surface area (Å²) in [4.78, 5) is 26.8. The number of benzene rings is 2. The number of hydrogen-bond acceptors (Lipinski definition) is 7. The molecule has 2 aromatic carbocycles. The van der Waals surface area contributed by atoms with Crippen molar-refractivity contribution in [1.29, 1.82) is 0 Å². The smallest absolute Gasteiger partial charge is 0.337 e. The standard InChI is InChI=1S/C28H31NO6/c1-15(2)35-28(32)25-16(3)29-21-12-19(18-8-11-23(33-4)24(14-18)34-5)13-22(31)27(21)26(25)17-6-9-20(30)10-7-17/h6-11,14-15,19,26,29-30H,12-13H2,1-5H3/t19-,26-/m0/s1. The van der Waals surface area contributed by atoms with Gasteiger partial charge in [-0.05, 0) is 68.5 Å². The zero-order valence-electron chi connectivity index (χ0n) is 20.7. The normalized spacial score (nSPS) is 19.9. The molecular weight excluding hydrogens is 446 g/mol. The third-order valence-corrected chi connectivity index (χ3v) is 6.50. The van der Waals surface area contributed by atoms with Crippen molar-refractivity contribution < 1.29 is 28.9 Å². The van der Waals surface area contributed by atoms with Crippen LogP contribution in [0.2, 0.25) is 0 Å². The fourth-order valence-corrected chi connectivity index (χ4v) is 4.93. The number of ketones is 1. The number of methoxy groups -OCH3 is 2. The van der Waals surface area contributed by atoms with Crippen molar-refractivity contribution in [2.45, 2.75) is 51.6 Å². The molecular formula is C28H31NO6. The maximum absolute atomic E-state index is 13.7. The van der Waals surface area contributed by atoms with Gasteiger partial charge >= 0.3 is 5.97 Å². The fraction of sp³-hybridized carbons (Fsp3) is 0.357. The van der Waals surface area contributed by atoms with Gasteiger partial charge in [-0.2, -0.15) is 0 Å². The van der Waals surface area contributed by atoms with Crippen molar-refractivity contribution in [3.8, 4) is 17.2 Å². The first kappa shape index (κ1) is 24.4. The molecule has 2 N–H and O–H groups in total. The maximum atomic E-state index is 13.7. The molecule has 0 bridgehead atoms. The number of allylic oxidation sites excluding steroid dienone is 3. The van der Waals surface area contributed by atoms with E-state index >= 15 is 0 Å². The van der Waals surface area contributed by atoms with Crippen LogP contribution in [0.4, 0.5) is 0 Å². The molecule has 0 unspecified atom stereocenters. The number of dihydropyridines is 1. The van der Waals surface area contributed by atoms with Crippen molar-refractivity contribution >= 4 is 11.8 Å². The number of hydrogen-bond donors (Lipinski definition) is 2. The van der Waals surface area contributed by atoms with Gasteiger partial charge in [0.25, 0.3) is 0 Å². The molecule has 0 saturated heterocycles. The number of nitrogens with one attached hydrogen (secondary N) is 1. The molecule has 2 aliphatic rings. The summed E-state index contributed by atoms with van der Waals surface area (Å²) in [6.07, 6.45) is 0.612. The van der Waals surface area contributed by atoms with Gasteiger partial charge in [-0.15, -0.1) is 0 Å². The molecule has 1 aliphatic heterocycles. The van der Waals surface area contributed by atoms with Crippen LogP contribution in [0.5, 0.6) is 17.2 Å². The van der Waals surface area contributed by atoms with Crippen molar-refractivity contribution in [1.82, 2.24) is 5.32 Å². The maximum Gasteiger partial charge on any atom is 0.337 e. The van der Waals surface area contributed by atoms with Gasteiger partial charge in [0.2, 0.25) is 0 Å². The lowest BCUT2D eigenvalue weighted by Crippen LogP contribution is -2.36. The lowest BCUT2D eigenvalue weighted by Gasteiger charge is -2.37. The molecule has 0 fully saturated rings. The van der Waals surface area contributed by atoms with E-state index in [1.165, 1.54) is 0 Å². The van der Waals surface area contributed by atoms with Crippen LogP contribution in [0.25, 0.3) is 0 Å². The molecule has 35 heavy (non-hydrogen) atoms. The zero-order valence-corrected chi connectivity index (χ0v) is 20.7. The Kier molecular flexibility index (Phi) is 6.87. The first-order valence-corrected chi connectivity index (χ1v) is 11.7. The summed E-state index contributed by atoms with van der Waals surface area (Å²) in [6.45, 7) is 5.42. The van der Waals surface area contributed by atoms with Gasteiger partial charge in [0.05, 0.1) is 25.9 Å². The van der Waals surface area contributed by atoms with Crippen molar-refractivity contribution in [3.63, 3.8) is 0 Å². The first-order valence-electron chi connectivity index (χ1n) is 11.7. The summed E-state index contributed by atoms with van der Waals surface area (Å²) in [5.41, 5.74) is 4.20. The lowest BCUT2D eigenvalue weighted by molar-refractivity contribution is -0.143. The van der Waals surface area contributed by atoms with E-state index in [9.17, 15) is 14.7 Å². The highest BCUT2D eigenvalue weighted by molar-refractivity contribution is 6.04. The van der Waals surface area contributed by atoms with Crippen LogP contribution in [0.15, 0.2) is 65.0 Å². The summed E-state index contributed by atoms with van der Waals surface area (Å²) in [5, 5.41) is 13.2. The molecule has 2 aromatic rings. The van der Waals surface area contributed by atoms with E-state index in [0.29, 0.717) is 41.2 Å². The Morgan fingerprint density at radius 2 is 1.66 bits per heavy atom. The number of esters is 1. The molecule has 7 heteroatoms. The van der Waals surface area contributed by atoms with Gasteiger partial charge in [-0.3, -0.25) is 4.79 Å². The van der Waals surface area contributed by atoms with Gasteiger partial charge in [0, 0.05) is 29.3 Å². The zero-order chi connectivity index (χ0) is 25.3. The topological polar surface area (TPSA) is 94.1 Å². The van der Waals surface area contributed by atoms with Crippen LogP contribution in [0, 0.1) is 0 Å². The lowest BCUT2D eigenvalue weighted by atomic mass is 9.71. The van der Waals surface area contributed by atoms with E-state index < -0.39 is 11.9 Å². The highest BCUT2D eigenvalue weighted by Gasteiger charge is 2.41. The third kappa shape index (κ3) is 4.76. The quantitative estimate of drug-likeness (QED) is 0.581. The van der Waals surface area contributed by atoms with Gasteiger partial charge in [0.1, 0.15) is 5.75 Å². The molecule has 0 aromatic heterocycles. The van der Waals surface area contributed by atoms with Crippen LogP contribution in [-0.2, 0) is 14.3 Å². The number of aromatic hydroxyl groups is 1. The molecule has 2 atom stereocenters. The molecule has 0 radical (unpaired) electrons. The average molecular weight is 478 g/mol. The monoisotopic (exact) mass is 477 g/mol. The van der Waals surface area contributed by atoms with Gasteiger partial charge in [-0.25, -0.2) is 4.79 Å². The van der Waals surface area contributed by atoms with E-state index in [2.05, 4.69) is 5.32 Å². The highest BCUT2D eigenvalue weighted by atomic mass is 16.5. The Morgan fingerprint density at radius 1 is 1.00 bits per heavy atom. The number of phenolic OH excluding ortho intramolecular Hbond substituents is 1. The van der Waals surface area contributed by atoms with Crippen LogP contribution in [0.1, 0.15) is 56.6 Å². The molecule has 0 saturated carbocycles. The molecule has 7 nitrogen and oxygen atoms in total. The van der Waals surface area contributed by atoms with E-state index in [0.717, 1.165) is 16.8 Å². The minimum absolute atomic E-state index is 0.0287. The van der Waals surface area contributed by atoms with Crippen molar-refractivity contribution in [3.05, 3.63) is 76.1 Å². The second-order valence-electron chi connectivity index (χ2n) is 9.18. The number of ether oxygens (including phenoxy) is 3. The second-order valence-corrected chi connectivity index (χ2v) is 9.18. The van der Waals surface area contributed by atoms with Crippen LogP contribution >= 0.6 is 0 Å². The molecule has 0 spiro atoms. The van der Waals surface area contributed by atoms with Crippen LogP contribution in [-0.4, -0.2) is 37.2 Å². The molecule has 1 aliphatic carbocycles. The van der Waals surface area contributed by atoms with E-state index in [1.54, 1.807) is 52.3 Å². The number of Topliss-reactive ketones (excluding diaryl/α,β-unsaturated/α-hetero) is 1. The summed E-state index contributed by atoms with van der Waals surface area (Å²) in [7, 11) is 3.18. The Labute approximate surface area is 205 Å². The Hall–Kier alpha value is -3.74. The van der Waals surface area contributed by atoms with Gasteiger partial charge in [-0.1, -0.05) is 18.2 Å². The summed E-state index contributed by atoms with van der Waals surface area (Å²) < 4.78 is 16.4. The first-order chi connectivity index (χ1) is 16.7.